The van der Waals surface area contributed by atoms with Crippen molar-refractivity contribution in [3.8, 4) is 0 Å². The van der Waals surface area contributed by atoms with Gasteiger partial charge < -0.3 is 23.4 Å². The zero-order valence-corrected chi connectivity index (χ0v) is 11.5. The Kier molecular flexibility index (Phi) is 13.6. The smallest absolute Gasteiger partial charge is 0.649 e. The predicted octanol–water partition coefficient (Wildman–Crippen LogP) is -1.04. The van der Waals surface area contributed by atoms with Crippen LogP contribution < -0.4 is 18.9 Å². The quantitative estimate of drug-likeness (QED) is 0.505. The Morgan fingerprint density at radius 1 is 1.38 bits per heavy atom. The maximum absolute atomic E-state index is 10.7. The number of hydrogen-bond acceptors (Lipinski definition) is 4. The second kappa shape index (κ2) is 10.2. The van der Waals surface area contributed by atoms with Gasteiger partial charge in [-0.05, 0) is 20.8 Å². The van der Waals surface area contributed by atoms with Crippen LogP contribution in [0.5, 0.6) is 0 Å². The van der Waals surface area contributed by atoms with E-state index in [2.05, 4.69) is 18.6 Å². The van der Waals surface area contributed by atoms with Crippen LogP contribution in [0.3, 0.4) is 0 Å². The monoisotopic (exact) mass is 241 g/mol. The van der Waals surface area contributed by atoms with Crippen LogP contribution in [0.4, 0.5) is 0 Å². The third-order valence-corrected chi connectivity index (χ3v) is 2.76. The number of ether oxygens (including phenoxy) is 1. The Balaban J connectivity index is -0.000000200. The van der Waals surface area contributed by atoms with Crippen LogP contribution in [0.15, 0.2) is 0 Å². The average Bonchev–Trinajstić information content (AvgIpc) is 2.03. The van der Waals surface area contributed by atoms with E-state index >= 15 is 0 Å². The summed E-state index contributed by atoms with van der Waals surface area (Å²) < 4.78 is 22.1. The minimum Gasteiger partial charge on any atom is -0.649 e. The molecule has 0 fully saturated rings. The summed E-state index contributed by atoms with van der Waals surface area (Å²) in [6, 6.07) is 0. The molecule has 0 aromatic carbocycles. The van der Waals surface area contributed by atoms with Gasteiger partial charge in [0, 0.05) is 15.5 Å². The van der Waals surface area contributed by atoms with Crippen molar-refractivity contribution in [2.24, 2.45) is 0 Å². The summed E-state index contributed by atoms with van der Waals surface area (Å²) in [6.07, 6.45) is 0.567. The summed E-state index contributed by atoms with van der Waals surface area (Å²) in [5.74, 6) is 0.596. The van der Waals surface area contributed by atoms with Crippen LogP contribution in [0.1, 0.15) is 27.2 Å². The van der Waals surface area contributed by atoms with Gasteiger partial charge in [-0.15, -0.1) is 0 Å². The molecule has 0 amide bonds. The molecule has 0 aliphatic heterocycles. The second-order valence-corrected chi connectivity index (χ2v) is 6.31. The maximum atomic E-state index is 10.7. The molecule has 0 spiro atoms. The van der Waals surface area contributed by atoms with Crippen LogP contribution in [-0.4, -0.2) is 27.8 Å². The van der Waals surface area contributed by atoms with E-state index in [0.29, 0.717) is 12.2 Å². The molecular weight excluding hydrogens is 221 g/mol. The maximum Gasteiger partial charge on any atom is 1.00 e. The van der Waals surface area contributed by atoms with Gasteiger partial charge in [-0.1, -0.05) is 12.2 Å². The molecule has 0 saturated carbocycles. The molecule has 4 nitrogen and oxygen atoms in total. The fraction of sp³-hybridized carbons (Fsp3) is 0.700. The summed E-state index contributed by atoms with van der Waals surface area (Å²) in [4.78, 5) is 9.47. The molecule has 1 unspecified atom stereocenters. The Morgan fingerprint density at radius 2 is 1.81 bits per heavy atom. The molecule has 0 heterocycles. The van der Waals surface area contributed by atoms with E-state index in [1.807, 2.05) is 0 Å². The van der Waals surface area contributed by atoms with Gasteiger partial charge in [0.2, 0.25) is 0 Å². The molecule has 0 bridgehead atoms. The van der Waals surface area contributed by atoms with Crippen LogP contribution in [-0.2, 0) is 19.3 Å². The van der Waals surface area contributed by atoms with E-state index in [1.165, 1.54) is 6.47 Å². The third kappa shape index (κ3) is 19.6. The van der Waals surface area contributed by atoms with Crippen molar-refractivity contribution in [1.82, 2.24) is 0 Å². The summed E-state index contributed by atoms with van der Waals surface area (Å²) >= 11 is 0. The Labute approximate surface area is 112 Å². The SMILES string of the molecule is CC(C)(C)O[C-]=O.[CH2-]CCS(=N)(=O)C[CH2-].[Li+]. The summed E-state index contributed by atoms with van der Waals surface area (Å²) in [5.41, 5.74) is -0.373. The van der Waals surface area contributed by atoms with Gasteiger partial charge in [0.1, 0.15) is 0 Å². The summed E-state index contributed by atoms with van der Waals surface area (Å²) in [6.45, 7) is 13.6. The van der Waals surface area contributed by atoms with Gasteiger partial charge >= 0.3 is 18.9 Å². The number of nitrogens with one attached hydrogen (secondary N) is 1. The largest absolute Gasteiger partial charge is 1.00 e. The van der Waals surface area contributed by atoms with Gasteiger partial charge in [-0.25, -0.2) is 0 Å². The molecule has 92 valence electrons. The van der Waals surface area contributed by atoms with Crippen LogP contribution in [0.2, 0.25) is 0 Å². The first kappa shape index (κ1) is 21.3. The van der Waals surface area contributed by atoms with Crippen molar-refractivity contribution >= 4 is 16.2 Å². The van der Waals surface area contributed by atoms with E-state index in [4.69, 9.17) is 4.78 Å². The number of rotatable bonds is 4. The van der Waals surface area contributed by atoms with Crippen LogP contribution in [0.25, 0.3) is 0 Å². The number of carbonyl (C=O) groups excluding carboxylic acids is 1. The van der Waals surface area contributed by atoms with Crippen molar-refractivity contribution in [3.05, 3.63) is 13.8 Å². The Morgan fingerprint density at radius 3 is 1.88 bits per heavy atom. The summed E-state index contributed by atoms with van der Waals surface area (Å²) in [5, 5.41) is 0. The molecule has 0 radical (unpaired) electrons. The van der Waals surface area contributed by atoms with Crippen LogP contribution in [0, 0.1) is 18.6 Å². The van der Waals surface area contributed by atoms with Gasteiger partial charge in [0.25, 0.3) is 0 Å². The fourth-order valence-electron chi connectivity index (χ4n) is 0.460. The molecule has 1 N–H and O–H groups in total. The first-order valence-corrected chi connectivity index (χ1v) is 6.46. The van der Waals surface area contributed by atoms with E-state index in [9.17, 15) is 9.00 Å². The molecule has 0 saturated heterocycles. The van der Waals surface area contributed by atoms with Crippen molar-refractivity contribution < 1.29 is 32.6 Å². The molecule has 1 atom stereocenters. The van der Waals surface area contributed by atoms with Crippen LogP contribution >= 0.6 is 0 Å². The standard InChI is InChI=1S/C5H11NOS.C5H9O2.Li/c1-3-5-8(6,7)4-2;1-5(2,3)7-4-6;/h6H,1-5H2;1-3H3;/q-2;-1;+1. The van der Waals surface area contributed by atoms with Gasteiger partial charge in [0.15, 0.2) is 0 Å². The molecular formula is C10H20LiNO3S-2. The van der Waals surface area contributed by atoms with E-state index in [0.717, 1.165) is 0 Å². The normalized spacial score (nSPS) is 13.6. The molecule has 0 rings (SSSR count). The van der Waals surface area contributed by atoms with E-state index in [-0.39, 0.29) is 30.2 Å². The van der Waals surface area contributed by atoms with Crippen molar-refractivity contribution in [2.45, 2.75) is 32.8 Å². The topological polar surface area (TPSA) is 67.2 Å². The average molecular weight is 241 g/mol. The minimum absolute atomic E-state index is 0. The zero-order valence-electron chi connectivity index (χ0n) is 10.7. The first-order valence-electron chi connectivity index (χ1n) is 4.56. The van der Waals surface area contributed by atoms with Gasteiger partial charge in [-0.3, -0.25) is 8.99 Å². The Hall–Kier alpha value is 0.0174. The number of hydrogen-bond donors (Lipinski definition) is 1. The van der Waals surface area contributed by atoms with Gasteiger partial charge in [0.05, 0.1) is 5.60 Å². The zero-order chi connectivity index (χ0) is 12.5. The van der Waals surface area contributed by atoms with E-state index in [1.54, 1.807) is 20.8 Å². The minimum atomic E-state index is -2.34. The summed E-state index contributed by atoms with van der Waals surface area (Å²) in [7, 11) is -2.34. The van der Waals surface area contributed by atoms with E-state index < -0.39 is 9.73 Å². The first-order chi connectivity index (χ1) is 6.68. The van der Waals surface area contributed by atoms with Crippen molar-refractivity contribution in [2.75, 3.05) is 11.5 Å². The molecule has 0 aromatic heterocycles. The molecule has 0 aliphatic rings. The third-order valence-electron chi connectivity index (χ3n) is 1.15. The molecule has 0 aromatic rings. The molecule has 0 aliphatic carbocycles. The fourth-order valence-corrected chi connectivity index (χ4v) is 1.13. The van der Waals surface area contributed by atoms with Gasteiger partial charge in [-0.2, -0.15) is 6.42 Å². The Bertz CT molecular complexity index is 258. The molecule has 6 heteroatoms. The molecule has 16 heavy (non-hydrogen) atoms. The second-order valence-electron chi connectivity index (χ2n) is 3.87. The van der Waals surface area contributed by atoms with Crippen molar-refractivity contribution in [3.63, 3.8) is 0 Å². The predicted molar refractivity (Wildman–Crippen MR) is 62.5 cm³/mol. The van der Waals surface area contributed by atoms with Crippen molar-refractivity contribution in [1.29, 1.82) is 4.78 Å².